The topological polar surface area (TPSA) is 46.6 Å². The summed E-state index contributed by atoms with van der Waals surface area (Å²) in [6.07, 6.45) is 1.79. The van der Waals surface area contributed by atoms with Crippen LogP contribution >= 0.6 is 0 Å². The third kappa shape index (κ3) is 2.54. The van der Waals surface area contributed by atoms with E-state index in [9.17, 15) is 9.59 Å². The number of Topliss-reactive ketones (excluding diaryl/α,β-unsaturated/α-hetero) is 1. The van der Waals surface area contributed by atoms with Gasteiger partial charge in [0, 0.05) is 32.5 Å². The Bertz CT molecular complexity index is 471. The maximum absolute atomic E-state index is 11.3. The highest BCUT2D eigenvalue weighted by Crippen LogP contribution is 2.35. The minimum absolute atomic E-state index is 0.269. The standard InChI is InChI=1S/C15H17NO3/c17-13-10-15(19-14(13)18)6-8-16(9-7-15)11-12-4-2-1-3-5-12/h1-5H,6-11H2. The van der Waals surface area contributed by atoms with Crippen LogP contribution in [0.15, 0.2) is 30.3 Å². The Labute approximate surface area is 112 Å². The highest BCUT2D eigenvalue weighted by molar-refractivity contribution is 6.35. The molecule has 2 fully saturated rings. The van der Waals surface area contributed by atoms with Crippen molar-refractivity contribution in [2.24, 2.45) is 0 Å². The van der Waals surface area contributed by atoms with Crippen LogP contribution in [0.25, 0.3) is 0 Å². The van der Waals surface area contributed by atoms with Crippen LogP contribution in [-0.4, -0.2) is 35.3 Å². The largest absolute Gasteiger partial charge is 0.453 e. The molecule has 0 atom stereocenters. The zero-order valence-electron chi connectivity index (χ0n) is 10.8. The van der Waals surface area contributed by atoms with Crippen LogP contribution < -0.4 is 0 Å². The Morgan fingerprint density at radius 2 is 1.79 bits per heavy atom. The molecule has 0 radical (unpaired) electrons. The first-order valence-corrected chi connectivity index (χ1v) is 6.69. The molecule has 4 nitrogen and oxygen atoms in total. The highest BCUT2D eigenvalue weighted by Gasteiger charge is 2.47. The number of ether oxygens (including phenoxy) is 1. The molecule has 19 heavy (non-hydrogen) atoms. The second-order valence-electron chi connectivity index (χ2n) is 5.43. The molecule has 0 amide bonds. The number of carbonyl (C=O) groups excluding carboxylic acids is 2. The molecular weight excluding hydrogens is 242 g/mol. The maximum Gasteiger partial charge on any atom is 0.375 e. The lowest BCUT2D eigenvalue weighted by Crippen LogP contribution is -2.43. The number of likely N-dealkylation sites (tertiary alicyclic amines) is 1. The Balaban J connectivity index is 1.58. The van der Waals surface area contributed by atoms with E-state index in [1.54, 1.807) is 0 Å². The van der Waals surface area contributed by atoms with Gasteiger partial charge < -0.3 is 4.74 Å². The van der Waals surface area contributed by atoms with Crippen molar-refractivity contribution in [2.75, 3.05) is 13.1 Å². The Morgan fingerprint density at radius 3 is 2.37 bits per heavy atom. The molecule has 0 saturated carbocycles. The molecular formula is C15H17NO3. The lowest BCUT2D eigenvalue weighted by Gasteiger charge is -2.37. The summed E-state index contributed by atoms with van der Waals surface area (Å²) >= 11 is 0. The van der Waals surface area contributed by atoms with Crippen molar-refractivity contribution in [1.29, 1.82) is 0 Å². The number of hydrogen-bond acceptors (Lipinski definition) is 4. The Hall–Kier alpha value is -1.68. The fourth-order valence-corrected chi connectivity index (χ4v) is 2.89. The second kappa shape index (κ2) is 4.78. The maximum atomic E-state index is 11.3. The van der Waals surface area contributed by atoms with Gasteiger partial charge in [0.2, 0.25) is 5.78 Å². The summed E-state index contributed by atoms with van der Waals surface area (Å²) in [6, 6.07) is 10.3. The van der Waals surface area contributed by atoms with Crippen LogP contribution in [0.3, 0.4) is 0 Å². The van der Waals surface area contributed by atoms with E-state index in [1.165, 1.54) is 5.56 Å². The Morgan fingerprint density at radius 1 is 1.11 bits per heavy atom. The molecule has 1 spiro atoms. The van der Waals surface area contributed by atoms with Crippen molar-refractivity contribution < 1.29 is 14.3 Å². The monoisotopic (exact) mass is 259 g/mol. The number of esters is 1. The van der Waals surface area contributed by atoms with Gasteiger partial charge in [-0.1, -0.05) is 30.3 Å². The minimum atomic E-state index is -0.642. The van der Waals surface area contributed by atoms with Gasteiger partial charge in [-0.3, -0.25) is 9.69 Å². The summed E-state index contributed by atoms with van der Waals surface area (Å²) in [5.41, 5.74) is 0.791. The summed E-state index contributed by atoms with van der Waals surface area (Å²) in [6.45, 7) is 2.66. The number of piperidine rings is 1. The van der Waals surface area contributed by atoms with Crippen molar-refractivity contribution in [3.63, 3.8) is 0 Å². The normalized spacial score (nSPS) is 22.7. The number of rotatable bonds is 2. The van der Waals surface area contributed by atoms with E-state index in [-0.39, 0.29) is 12.2 Å². The smallest absolute Gasteiger partial charge is 0.375 e. The first-order valence-electron chi connectivity index (χ1n) is 6.69. The van der Waals surface area contributed by atoms with Crippen LogP contribution in [0.4, 0.5) is 0 Å². The summed E-state index contributed by atoms with van der Waals surface area (Å²) in [5.74, 6) is -1.01. The summed E-state index contributed by atoms with van der Waals surface area (Å²) in [4.78, 5) is 24.9. The fourth-order valence-electron chi connectivity index (χ4n) is 2.89. The fraction of sp³-hybridized carbons (Fsp3) is 0.467. The van der Waals surface area contributed by atoms with E-state index in [4.69, 9.17) is 4.74 Å². The molecule has 2 saturated heterocycles. The average molecular weight is 259 g/mol. The second-order valence-corrected chi connectivity index (χ2v) is 5.43. The van der Waals surface area contributed by atoms with Crippen molar-refractivity contribution in [2.45, 2.75) is 31.4 Å². The van der Waals surface area contributed by atoms with Gasteiger partial charge in [0.05, 0.1) is 6.42 Å². The number of benzene rings is 1. The number of ketones is 1. The molecule has 2 aliphatic rings. The van der Waals surface area contributed by atoms with Crippen LogP contribution in [0.1, 0.15) is 24.8 Å². The number of nitrogens with zero attached hydrogens (tertiary/aromatic N) is 1. The van der Waals surface area contributed by atoms with Crippen LogP contribution in [0.2, 0.25) is 0 Å². The van der Waals surface area contributed by atoms with E-state index >= 15 is 0 Å². The molecule has 0 aliphatic carbocycles. The lowest BCUT2D eigenvalue weighted by molar-refractivity contribution is -0.155. The number of carbonyl (C=O) groups is 2. The predicted molar refractivity (Wildman–Crippen MR) is 69.4 cm³/mol. The molecule has 2 heterocycles. The molecule has 3 rings (SSSR count). The minimum Gasteiger partial charge on any atom is -0.453 e. The summed E-state index contributed by atoms with van der Waals surface area (Å²) in [7, 11) is 0. The van der Waals surface area contributed by atoms with Crippen LogP contribution in [0.5, 0.6) is 0 Å². The van der Waals surface area contributed by atoms with E-state index in [0.29, 0.717) is 0 Å². The van der Waals surface area contributed by atoms with Crippen molar-refractivity contribution >= 4 is 11.8 Å². The number of hydrogen-bond donors (Lipinski definition) is 0. The van der Waals surface area contributed by atoms with Gasteiger partial charge in [-0.25, -0.2) is 4.79 Å². The third-order valence-corrected chi connectivity index (χ3v) is 4.04. The molecule has 2 aliphatic heterocycles. The van der Waals surface area contributed by atoms with Gasteiger partial charge in [0.1, 0.15) is 5.60 Å². The molecule has 0 unspecified atom stereocenters. The molecule has 1 aromatic rings. The van der Waals surface area contributed by atoms with Gasteiger partial charge in [-0.05, 0) is 5.56 Å². The molecule has 0 N–H and O–H groups in total. The molecule has 1 aromatic carbocycles. The van der Waals surface area contributed by atoms with Gasteiger partial charge in [-0.2, -0.15) is 0 Å². The summed E-state index contributed by atoms with van der Waals surface area (Å²) < 4.78 is 5.29. The van der Waals surface area contributed by atoms with Crippen molar-refractivity contribution in [1.82, 2.24) is 4.90 Å². The van der Waals surface area contributed by atoms with Gasteiger partial charge >= 0.3 is 5.97 Å². The van der Waals surface area contributed by atoms with Gasteiger partial charge in [-0.15, -0.1) is 0 Å². The first kappa shape index (κ1) is 12.4. The van der Waals surface area contributed by atoms with Gasteiger partial charge in [0.25, 0.3) is 0 Å². The predicted octanol–water partition coefficient (Wildman–Crippen LogP) is 1.54. The van der Waals surface area contributed by atoms with Crippen molar-refractivity contribution in [3.05, 3.63) is 35.9 Å². The highest BCUT2D eigenvalue weighted by atomic mass is 16.6. The van der Waals surface area contributed by atoms with E-state index in [1.807, 2.05) is 18.2 Å². The Kier molecular flexibility index (Phi) is 3.11. The molecule has 100 valence electrons. The SMILES string of the molecule is O=C1CC2(CCN(Cc3ccccc3)CC2)OC1=O. The zero-order chi connectivity index (χ0) is 13.3. The summed E-state index contributed by atoms with van der Waals surface area (Å²) in [5, 5.41) is 0. The molecule has 0 aromatic heterocycles. The quantitative estimate of drug-likeness (QED) is 0.597. The van der Waals surface area contributed by atoms with Gasteiger partial charge in [0.15, 0.2) is 0 Å². The van der Waals surface area contributed by atoms with E-state index in [0.717, 1.165) is 32.5 Å². The van der Waals surface area contributed by atoms with Crippen LogP contribution in [-0.2, 0) is 20.9 Å². The van der Waals surface area contributed by atoms with E-state index in [2.05, 4.69) is 17.0 Å². The zero-order valence-corrected chi connectivity index (χ0v) is 10.8. The van der Waals surface area contributed by atoms with Crippen molar-refractivity contribution in [3.8, 4) is 0 Å². The van der Waals surface area contributed by atoms with Crippen LogP contribution in [0, 0.1) is 0 Å². The lowest BCUT2D eigenvalue weighted by atomic mass is 9.88. The molecule has 0 bridgehead atoms. The molecule has 4 heteroatoms. The third-order valence-electron chi connectivity index (χ3n) is 4.04. The average Bonchev–Trinajstić information content (AvgIpc) is 2.69. The first-order chi connectivity index (χ1) is 9.17. The van der Waals surface area contributed by atoms with E-state index < -0.39 is 11.6 Å².